The topological polar surface area (TPSA) is 77.3 Å². The summed E-state index contributed by atoms with van der Waals surface area (Å²) < 4.78 is 86.7. The van der Waals surface area contributed by atoms with E-state index >= 15 is 0 Å². The fourth-order valence-corrected chi connectivity index (χ4v) is 2.55. The van der Waals surface area contributed by atoms with Gasteiger partial charge in [-0.05, 0) is 35.4 Å². The molecule has 0 amide bonds. The molecular formula is C19H16F6N2O4. The van der Waals surface area contributed by atoms with Gasteiger partial charge in [-0.25, -0.2) is 0 Å². The summed E-state index contributed by atoms with van der Waals surface area (Å²) in [7, 11) is 0. The van der Waals surface area contributed by atoms with Crippen LogP contribution in [0.25, 0.3) is 0 Å². The first kappa shape index (κ1) is 24.1. The van der Waals surface area contributed by atoms with Crippen LogP contribution in [0.5, 0.6) is 11.5 Å². The first-order chi connectivity index (χ1) is 14.6. The van der Waals surface area contributed by atoms with Gasteiger partial charge in [0.1, 0.15) is 11.5 Å². The Labute approximate surface area is 172 Å². The number of benzene rings is 2. The highest BCUT2D eigenvalue weighted by Crippen LogP contribution is 2.37. The number of halogens is 6. The molecule has 0 radical (unpaired) electrons. The Morgan fingerprint density at radius 2 is 0.968 bits per heavy atom. The highest BCUT2D eigenvalue weighted by Gasteiger charge is 2.43. The molecule has 0 aliphatic carbocycles. The van der Waals surface area contributed by atoms with Gasteiger partial charge in [0.15, 0.2) is 0 Å². The first-order valence-electron chi connectivity index (χ1n) is 8.80. The monoisotopic (exact) mass is 450 g/mol. The molecule has 31 heavy (non-hydrogen) atoms. The van der Waals surface area contributed by atoms with Crippen molar-refractivity contribution in [1.82, 2.24) is 0 Å². The van der Waals surface area contributed by atoms with Gasteiger partial charge in [-0.15, -0.1) is 9.81 Å². The zero-order valence-electron chi connectivity index (χ0n) is 15.7. The van der Waals surface area contributed by atoms with E-state index in [0.717, 1.165) is 24.3 Å². The zero-order chi connectivity index (χ0) is 23.1. The minimum Gasteiger partial charge on any atom is -0.493 e. The van der Waals surface area contributed by atoms with Crippen LogP contribution in [-0.4, -0.2) is 25.6 Å². The van der Waals surface area contributed by atoms with Crippen molar-refractivity contribution >= 4 is 0 Å². The molecule has 0 aliphatic heterocycles. The molecule has 6 nitrogen and oxygen atoms in total. The second-order valence-corrected chi connectivity index (χ2v) is 6.29. The summed E-state index contributed by atoms with van der Waals surface area (Å²) in [4.78, 5) is 20.9. The van der Waals surface area contributed by atoms with Crippen LogP contribution in [0.3, 0.4) is 0 Å². The van der Waals surface area contributed by atoms with Crippen molar-refractivity contribution in [1.29, 1.82) is 0 Å². The summed E-state index contributed by atoms with van der Waals surface area (Å²) in [6.07, 6.45) is -9.19. The predicted molar refractivity (Wildman–Crippen MR) is 97.7 cm³/mol. The second kappa shape index (κ2) is 10.2. The third-order valence-corrected chi connectivity index (χ3v) is 4.05. The van der Waals surface area contributed by atoms with Gasteiger partial charge in [-0.2, -0.15) is 26.3 Å². The van der Waals surface area contributed by atoms with Gasteiger partial charge in [0.05, 0.1) is 13.2 Å². The van der Waals surface area contributed by atoms with E-state index in [1.54, 1.807) is 0 Å². The summed E-state index contributed by atoms with van der Waals surface area (Å²) in [5, 5.41) is 4.20. The zero-order valence-corrected chi connectivity index (χ0v) is 15.7. The molecule has 12 heteroatoms. The molecule has 0 N–H and O–H groups in total. The number of hydrogen-bond donors (Lipinski definition) is 0. The number of nitroso groups, excluding NO2 is 2. The molecule has 2 rings (SSSR count). The van der Waals surface area contributed by atoms with E-state index < -0.39 is 24.4 Å². The van der Waals surface area contributed by atoms with Crippen LogP contribution < -0.4 is 9.47 Å². The molecule has 0 fully saturated rings. The van der Waals surface area contributed by atoms with Crippen LogP contribution >= 0.6 is 0 Å². The maximum Gasteiger partial charge on any atom is 0.418 e. The summed E-state index contributed by atoms with van der Waals surface area (Å²) in [6.45, 7) is 0.300. The molecule has 2 aromatic rings. The quantitative estimate of drug-likeness (QED) is 0.243. The molecule has 168 valence electrons. The van der Waals surface area contributed by atoms with Crippen molar-refractivity contribution in [2.45, 2.75) is 30.9 Å². The van der Waals surface area contributed by atoms with Crippen LogP contribution in [-0.2, 0) is 0 Å². The fraction of sp³-hybridized carbons (Fsp3) is 0.368. The summed E-state index contributed by atoms with van der Waals surface area (Å²) in [6, 6.07) is 4.57. The summed E-state index contributed by atoms with van der Waals surface area (Å²) in [5.74, 6) is 0.555. The number of ether oxygens (including phenoxy) is 2. The standard InChI is InChI=1S/C19H16F6N2O4/c20-18(21,22)16(26-28)12-2-6-14(7-3-12)30-10-1-11-31-15-8-4-13(5-9-15)17(27-29)19(23,24)25/h2-9,16-17H,1,10-11H2. The smallest absolute Gasteiger partial charge is 0.418 e. The van der Waals surface area contributed by atoms with Crippen molar-refractivity contribution < 1.29 is 35.8 Å². The molecule has 0 aliphatic rings. The molecule has 0 heterocycles. The van der Waals surface area contributed by atoms with Crippen molar-refractivity contribution in [3.05, 3.63) is 69.5 Å². The minimum atomic E-state index is -4.78. The largest absolute Gasteiger partial charge is 0.493 e. The average Bonchev–Trinajstić information content (AvgIpc) is 2.69. The lowest BCUT2D eigenvalue weighted by Gasteiger charge is -2.14. The Bertz CT molecular complexity index is 782. The Morgan fingerprint density at radius 3 is 1.23 bits per heavy atom. The molecule has 0 saturated carbocycles. The Kier molecular flexibility index (Phi) is 7.95. The van der Waals surface area contributed by atoms with Crippen molar-refractivity contribution in [2.24, 2.45) is 10.4 Å². The normalized spacial score (nSPS) is 13.9. The predicted octanol–water partition coefficient (Wildman–Crippen LogP) is 6.27. The third kappa shape index (κ3) is 6.93. The van der Waals surface area contributed by atoms with E-state index in [1.165, 1.54) is 24.3 Å². The first-order valence-corrected chi connectivity index (χ1v) is 8.80. The lowest BCUT2D eigenvalue weighted by Crippen LogP contribution is -2.18. The Morgan fingerprint density at radius 1 is 0.645 bits per heavy atom. The summed E-state index contributed by atoms with van der Waals surface area (Å²) >= 11 is 0. The van der Waals surface area contributed by atoms with E-state index in [-0.39, 0.29) is 35.8 Å². The number of rotatable bonds is 10. The maximum absolute atomic E-state index is 12.7. The van der Waals surface area contributed by atoms with E-state index in [1.807, 2.05) is 0 Å². The number of nitrogens with zero attached hydrogens (tertiary/aromatic N) is 2. The van der Waals surface area contributed by atoms with Crippen LogP contribution in [0.4, 0.5) is 26.3 Å². The molecule has 0 spiro atoms. The van der Waals surface area contributed by atoms with Gasteiger partial charge >= 0.3 is 12.4 Å². The fourth-order valence-electron chi connectivity index (χ4n) is 2.55. The molecule has 2 aromatic carbocycles. The highest BCUT2D eigenvalue weighted by molar-refractivity contribution is 5.31. The van der Waals surface area contributed by atoms with Gasteiger partial charge < -0.3 is 9.47 Å². The molecule has 2 atom stereocenters. The Balaban J connectivity index is 1.78. The van der Waals surface area contributed by atoms with Crippen molar-refractivity contribution in [3.8, 4) is 11.5 Å². The van der Waals surface area contributed by atoms with Crippen molar-refractivity contribution in [3.63, 3.8) is 0 Å². The SMILES string of the molecule is O=NC(c1ccc(OCCCOc2ccc(C(N=O)C(F)(F)F)cc2)cc1)C(F)(F)F. The highest BCUT2D eigenvalue weighted by atomic mass is 19.4. The van der Waals surface area contributed by atoms with E-state index in [4.69, 9.17) is 9.47 Å². The average molecular weight is 450 g/mol. The van der Waals surface area contributed by atoms with Crippen LogP contribution in [0.2, 0.25) is 0 Å². The summed E-state index contributed by atoms with van der Waals surface area (Å²) in [5.41, 5.74) is -0.613. The lowest BCUT2D eigenvalue weighted by atomic mass is 10.1. The van der Waals surface area contributed by atoms with Crippen LogP contribution in [0, 0.1) is 9.81 Å². The van der Waals surface area contributed by atoms with Gasteiger partial charge in [0.25, 0.3) is 0 Å². The molecule has 0 aromatic heterocycles. The van der Waals surface area contributed by atoms with Crippen LogP contribution in [0.1, 0.15) is 29.6 Å². The van der Waals surface area contributed by atoms with E-state index in [9.17, 15) is 36.2 Å². The number of hydrogen-bond acceptors (Lipinski definition) is 6. The minimum absolute atomic E-state index is 0.150. The maximum atomic E-state index is 12.7. The molecule has 0 bridgehead atoms. The lowest BCUT2D eigenvalue weighted by molar-refractivity contribution is -0.149. The van der Waals surface area contributed by atoms with Crippen molar-refractivity contribution in [2.75, 3.05) is 13.2 Å². The van der Waals surface area contributed by atoms with Gasteiger partial charge in [0.2, 0.25) is 12.1 Å². The van der Waals surface area contributed by atoms with E-state index in [0.29, 0.717) is 6.42 Å². The molecule has 2 unspecified atom stereocenters. The Hall–Kier alpha value is -3.18. The van der Waals surface area contributed by atoms with E-state index in [2.05, 4.69) is 10.4 Å². The molecule has 0 saturated heterocycles. The number of alkyl halides is 6. The van der Waals surface area contributed by atoms with Gasteiger partial charge in [-0.1, -0.05) is 34.6 Å². The second-order valence-electron chi connectivity index (χ2n) is 6.29. The molecular weight excluding hydrogens is 434 g/mol. The van der Waals surface area contributed by atoms with Gasteiger partial charge in [-0.3, -0.25) is 0 Å². The van der Waals surface area contributed by atoms with Gasteiger partial charge in [0, 0.05) is 6.42 Å². The third-order valence-electron chi connectivity index (χ3n) is 4.05. The van der Waals surface area contributed by atoms with Crippen LogP contribution in [0.15, 0.2) is 58.9 Å².